The number of nitro benzene ring substituents is 1. The van der Waals surface area contributed by atoms with Crippen molar-refractivity contribution in [3.05, 3.63) is 52.6 Å². The van der Waals surface area contributed by atoms with Gasteiger partial charge in [-0.2, -0.15) is 4.31 Å². The molecule has 12 heteroatoms. The molecule has 0 radical (unpaired) electrons. The summed E-state index contributed by atoms with van der Waals surface area (Å²) in [5.41, 5.74) is 0.0253. The van der Waals surface area contributed by atoms with E-state index in [0.29, 0.717) is 18.9 Å². The summed E-state index contributed by atoms with van der Waals surface area (Å²) in [6.45, 7) is 2.70. The van der Waals surface area contributed by atoms with Gasteiger partial charge in [-0.05, 0) is 43.3 Å². The fraction of sp³-hybridized carbons (Fsp3) is 0.350. The number of morpholine rings is 1. The van der Waals surface area contributed by atoms with E-state index in [0.717, 1.165) is 0 Å². The number of methoxy groups -OCH3 is 1. The summed E-state index contributed by atoms with van der Waals surface area (Å²) in [6, 6.07) is 9.78. The van der Waals surface area contributed by atoms with Crippen LogP contribution in [0.2, 0.25) is 0 Å². The first-order valence-electron chi connectivity index (χ1n) is 9.70. The Balaban J connectivity index is 1.66. The third-order valence-electron chi connectivity index (χ3n) is 4.77. The average molecular weight is 465 g/mol. The number of benzene rings is 2. The number of rotatable bonds is 8. The van der Waals surface area contributed by atoms with E-state index in [1.165, 1.54) is 60.8 Å². The minimum atomic E-state index is -3.64. The SMILES string of the molecule is COc1ccc(OC(C)C(=O)Nc2ccc(S(=O)(=O)N3CCOCC3)cc2)c([N+](=O)[O-])c1. The van der Waals surface area contributed by atoms with Gasteiger partial charge in [0, 0.05) is 18.8 Å². The number of nitrogens with one attached hydrogen (secondary N) is 1. The van der Waals surface area contributed by atoms with Crippen LogP contribution in [0, 0.1) is 10.1 Å². The minimum Gasteiger partial charge on any atom is -0.496 e. The van der Waals surface area contributed by atoms with Crippen molar-refractivity contribution in [2.24, 2.45) is 0 Å². The summed E-state index contributed by atoms with van der Waals surface area (Å²) in [4.78, 5) is 23.2. The highest BCUT2D eigenvalue weighted by Crippen LogP contribution is 2.32. The van der Waals surface area contributed by atoms with Gasteiger partial charge < -0.3 is 19.5 Å². The number of sulfonamides is 1. The molecule has 0 spiro atoms. The van der Waals surface area contributed by atoms with Crippen molar-refractivity contribution in [1.29, 1.82) is 0 Å². The van der Waals surface area contributed by atoms with Crippen molar-refractivity contribution in [1.82, 2.24) is 4.31 Å². The molecule has 1 aliphatic rings. The predicted octanol–water partition coefficient (Wildman–Crippen LogP) is 2.03. The molecule has 1 aliphatic heterocycles. The minimum absolute atomic E-state index is 0.0783. The van der Waals surface area contributed by atoms with Crippen molar-refractivity contribution < 1.29 is 32.3 Å². The molecular weight excluding hydrogens is 442 g/mol. The maximum atomic E-state index is 12.7. The van der Waals surface area contributed by atoms with Crippen LogP contribution >= 0.6 is 0 Å². The summed E-state index contributed by atoms with van der Waals surface area (Å²) >= 11 is 0. The van der Waals surface area contributed by atoms with Crippen LogP contribution in [0.5, 0.6) is 11.5 Å². The molecule has 3 rings (SSSR count). The van der Waals surface area contributed by atoms with Gasteiger partial charge in [0.2, 0.25) is 10.0 Å². The maximum Gasteiger partial charge on any atom is 0.314 e. The Morgan fingerprint density at radius 2 is 1.84 bits per heavy atom. The molecule has 0 aliphatic carbocycles. The largest absolute Gasteiger partial charge is 0.496 e. The summed E-state index contributed by atoms with van der Waals surface area (Å²) in [6.07, 6.45) is -1.06. The van der Waals surface area contributed by atoms with Gasteiger partial charge in [-0.15, -0.1) is 0 Å². The molecule has 1 amide bonds. The van der Waals surface area contributed by atoms with Crippen LogP contribution in [0.4, 0.5) is 11.4 Å². The Kier molecular flexibility index (Phi) is 7.28. The topological polar surface area (TPSA) is 137 Å². The number of anilines is 1. The molecule has 1 heterocycles. The van der Waals surface area contributed by atoms with Gasteiger partial charge in [0.1, 0.15) is 5.75 Å². The van der Waals surface area contributed by atoms with Gasteiger partial charge in [0.15, 0.2) is 11.9 Å². The van der Waals surface area contributed by atoms with Crippen molar-refractivity contribution in [3.63, 3.8) is 0 Å². The quantitative estimate of drug-likeness (QED) is 0.462. The monoisotopic (exact) mass is 465 g/mol. The van der Waals surface area contributed by atoms with Crippen molar-refractivity contribution >= 4 is 27.3 Å². The van der Waals surface area contributed by atoms with E-state index in [1.807, 2.05) is 0 Å². The van der Waals surface area contributed by atoms with E-state index < -0.39 is 27.0 Å². The molecule has 172 valence electrons. The molecule has 1 saturated heterocycles. The Hall–Kier alpha value is -3.22. The third-order valence-corrected chi connectivity index (χ3v) is 6.68. The zero-order valence-electron chi connectivity index (χ0n) is 17.5. The number of carbonyl (C=O) groups excluding carboxylic acids is 1. The highest BCUT2D eigenvalue weighted by molar-refractivity contribution is 7.89. The predicted molar refractivity (Wildman–Crippen MR) is 114 cm³/mol. The van der Waals surface area contributed by atoms with Gasteiger partial charge in [0.25, 0.3) is 5.91 Å². The van der Waals surface area contributed by atoms with E-state index in [2.05, 4.69) is 5.32 Å². The molecular formula is C20H23N3O8S. The van der Waals surface area contributed by atoms with Gasteiger partial charge >= 0.3 is 5.69 Å². The second kappa shape index (κ2) is 9.94. The Bertz CT molecular complexity index is 1080. The normalized spacial score (nSPS) is 15.6. The number of nitro groups is 1. The molecule has 1 N–H and O–H groups in total. The maximum absolute atomic E-state index is 12.7. The molecule has 2 aromatic rings. The Labute approximate surface area is 185 Å². The number of hydrogen-bond donors (Lipinski definition) is 1. The fourth-order valence-corrected chi connectivity index (χ4v) is 4.41. The van der Waals surface area contributed by atoms with Crippen LogP contribution in [-0.4, -0.2) is 63.1 Å². The highest BCUT2D eigenvalue weighted by Gasteiger charge is 2.26. The van der Waals surface area contributed by atoms with Crippen LogP contribution in [0.3, 0.4) is 0 Å². The molecule has 2 aromatic carbocycles. The number of hydrogen-bond acceptors (Lipinski definition) is 8. The number of amides is 1. The van der Waals surface area contributed by atoms with Crippen LogP contribution in [-0.2, 0) is 19.6 Å². The van der Waals surface area contributed by atoms with E-state index in [1.54, 1.807) is 0 Å². The van der Waals surface area contributed by atoms with E-state index >= 15 is 0 Å². The molecule has 32 heavy (non-hydrogen) atoms. The van der Waals surface area contributed by atoms with Crippen LogP contribution in [0.25, 0.3) is 0 Å². The first kappa shape index (κ1) is 23.4. The second-order valence-electron chi connectivity index (χ2n) is 6.88. The highest BCUT2D eigenvalue weighted by atomic mass is 32.2. The standard InChI is InChI=1S/C20H23N3O8S/c1-14(31-19-8-5-16(29-2)13-18(19)23(25)26)20(24)21-15-3-6-17(7-4-15)32(27,28)22-9-11-30-12-10-22/h3-8,13-14H,9-12H2,1-2H3,(H,21,24). The van der Waals surface area contributed by atoms with Gasteiger partial charge in [-0.25, -0.2) is 8.42 Å². The second-order valence-corrected chi connectivity index (χ2v) is 8.82. The zero-order valence-corrected chi connectivity index (χ0v) is 18.3. The van der Waals surface area contributed by atoms with Gasteiger partial charge in [-0.3, -0.25) is 14.9 Å². The first-order chi connectivity index (χ1) is 15.2. The zero-order chi connectivity index (χ0) is 23.3. The Morgan fingerprint density at radius 3 is 2.44 bits per heavy atom. The lowest BCUT2D eigenvalue weighted by Gasteiger charge is -2.26. The summed E-state index contributed by atoms with van der Waals surface area (Å²) in [5, 5.41) is 13.9. The molecule has 1 unspecified atom stereocenters. The molecule has 1 atom stereocenters. The number of ether oxygens (including phenoxy) is 3. The molecule has 1 fully saturated rings. The lowest BCUT2D eigenvalue weighted by Crippen LogP contribution is -2.40. The van der Waals surface area contributed by atoms with E-state index in [9.17, 15) is 23.3 Å². The van der Waals surface area contributed by atoms with Crippen LogP contribution in [0.15, 0.2) is 47.4 Å². The van der Waals surface area contributed by atoms with Gasteiger partial charge in [0.05, 0.1) is 36.2 Å². The van der Waals surface area contributed by atoms with Gasteiger partial charge in [-0.1, -0.05) is 0 Å². The van der Waals surface area contributed by atoms with Crippen LogP contribution < -0.4 is 14.8 Å². The average Bonchev–Trinajstić information content (AvgIpc) is 2.80. The van der Waals surface area contributed by atoms with E-state index in [-0.39, 0.29) is 35.2 Å². The lowest BCUT2D eigenvalue weighted by molar-refractivity contribution is -0.386. The molecule has 11 nitrogen and oxygen atoms in total. The van der Waals surface area contributed by atoms with Crippen molar-refractivity contribution in [2.45, 2.75) is 17.9 Å². The summed E-state index contributed by atoms with van der Waals surface area (Å²) in [5.74, 6) is -0.349. The van der Waals surface area contributed by atoms with Crippen LogP contribution in [0.1, 0.15) is 6.92 Å². The fourth-order valence-electron chi connectivity index (χ4n) is 3.00. The first-order valence-corrected chi connectivity index (χ1v) is 11.1. The summed E-state index contributed by atoms with van der Waals surface area (Å²) < 4.78 is 42.3. The van der Waals surface area contributed by atoms with E-state index in [4.69, 9.17) is 14.2 Å². The van der Waals surface area contributed by atoms with Crippen molar-refractivity contribution in [2.75, 3.05) is 38.7 Å². The third kappa shape index (κ3) is 5.33. The van der Waals surface area contributed by atoms with Crippen molar-refractivity contribution in [3.8, 4) is 11.5 Å². The lowest BCUT2D eigenvalue weighted by atomic mass is 10.2. The smallest absolute Gasteiger partial charge is 0.314 e. The molecule has 0 saturated carbocycles. The molecule has 0 bridgehead atoms. The molecule has 0 aromatic heterocycles. The number of nitrogens with zero attached hydrogens (tertiary/aromatic N) is 2. The number of carbonyl (C=O) groups is 1. The Morgan fingerprint density at radius 1 is 1.19 bits per heavy atom. The summed E-state index contributed by atoms with van der Waals surface area (Å²) in [7, 11) is -2.26.